The van der Waals surface area contributed by atoms with Crippen molar-refractivity contribution in [2.75, 3.05) is 0 Å². The first kappa shape index (κ1) is 53.8. The van der Waals surface area contributed by atoms with Crippen molar-refractivity contribution in [2.45, 2.75) is 36.2 Å². The van der Waals surface area contributed by atoms with E-state index in [1.807, 2.05) is 73.2 Å². The number of aromatic nitrogens is 3. The van der Waals surface area contributed by atoms with Gasteiger partial charge in [0.2, 0.25) is 0 Å². The molecule has 0 atom stereocenters. The van der Waals surface area contributed by atoms with Crippen LogP contribution in [0, 0.1) is 49.4 Å². The van der Waals surface area contributed by atoms with Crippen LogP contribution in [-0.4, -0.2) is 75.3 Å². The van der Waals surface area contributed by atoms with E-state index >= 15 is 0 Å². The van der Waals surface area contributed by atoms with E-state index < -0.39 is 46.9 Å². The third-order valence-corrected chi connectivity index (χ3v) is 5.89. The minimum absolute atomic E-state index is 0. The number of hydrogen-bond donors (Lipinski definition) is 0. The van der Waals surface area contributed by atoms with E-state index in [0.717, 1.165) is 36.7 Å². The van der Waals surface area contributed by atoms with E-state index in [-0.39, 0.29) is 60.3 Å². The maximum absolute atomic E-state index is 10.7. The van der Waals surface area contributed by atoms with Gasteiger partial charge in [0.1, 0.15) is 0 Å². The van der Waals surface area contributed by atoms with Gasteiger partial charge in [0.05, 0.1) is 17.1 Å². The molecule has 0 aliphatic carbocycles. The molecule has 0 aliphatic heterocycles. The molecule has 0 amide bonds. The molecule has 0 saturated carbocycles. The normalized spacial score (nSPS) is 11.7. The monoisotopic (exact) mass is 928 g/mol. The Morgan fingerprint density at radius 1 is 0.490 bits per heavy atom. The smallest absolute Gasteiger partial charge is 0.741 e. The van der Waals surface area contributed by atoms with Gasteiger partial charge in [-0.25, -0.2) is 25.3 Å². The summed E-state index contributed by atoms with van der Waals surface area (Å²) in [6, 6.07) is 18.0. The van der Waals surface area contributed by atoms with Crippen LogP contribution in [0.15, 0.2) is 73.2 Å². The molecule has 0 fully saturated rings. The Labute approximate surface area is 313 Å². The molecule has 0 saturated heterocycles. The van der Waals surface area contributed by atoms with Gasteiger partial charge in [-0.2, -0.15) is 39.5 Å². The Morgan fingerprint density at radius 3 is 0.796 bits per heavy atom. The number of alkyl halides is 9. The molecule has 0 bridgehead atoms. The maximum Gasteiger partial charge on any atom is 3.00 e. The molecule has 6 N–H and O–H groups in total. The number of hydrogen-bond acceptors (Lipinski definition) is 13. The van der Waals surface area contributed by atoms with E-state index in [2.05, 4.69) is 19.9 Å². The average Bonchev–Trinajstić information content (AvgIpc) is 2.88. The van der Waals surface area contributed by atoms with Gasteiger partial charge in [-0.15, -0.1) is 0 Å². The van der Waals surface area contributed by atoms with Crippen molar-refractivity contribution in [3.63, 3.8) is 0 Å². The first-order chi connectivity index (χ1) is 20.6. The minimum Gasteiger partial charge on any atom is -0.741 e. The molecule has 280 valence electrons. The third kappa shape index (κ3) is 23.9. The molecule has 0 radical (unpaired) electrons. The summed E-state index contributed by atoms with van der Waals surface area (Å²) < 4.78 is 177. The van der Waals surface area contributed by atoms with Gasteiger partial charge >= 0.3 is 65.9 Å². The van der Waals surface area contributed by atoms with Crippen molar-refractivity contribution in [2.24, 2.45) is 0 Å². The van der Waals surface area contributed by atoms with Gasteiger partial charge in [0.25, 0.3) is 0 Å². The van der Waals surface area contributed by atoms with Crippen molar-refractivity contribution in [3.05, 3.63) is 90.3 Å². The summed E-state index contributed by atoms with van der Waals surface area (Å²) in [5, 5.41) is 0. The number of rotatable bonds is 6. The summed E-state index contributed by atoms with van der Waals surface area (Å²) in [5.41, 5.74) is -13.8. The molecule has 0 unspecified atom stereocenters. The van der Waals surface area contributed by atoms with Crippen LogP contribution in [0.2, 0.25) is 0 Å². The first-order valence-corrected chi connectivity index (χ1v) is 15.4. The summed E-state index contributed by atoms with van der Waals surface area (Å²) in [7, 11) is -18.3. The largest absolute Gasteiger partial charge is 3.00 e. The average molecular weight is 928 g/mol. The third-order valence-electron chi connectivity index (χ3n) is 4.19. The minimum atomic E-state index is -6.09. The zero-order valence-electron chi connectivity index (χ0n) is 23.7. The first-order valence-electron chi connectivity index (χ1n) is 11.1. The van der Waals surface area contributed by atoms with E-state index in [9.17, 15) is 39.5 Å². The van der Waals surface area contributed by atoms with E-state index in [1.165, 1.54) is 0 Å². The Morgan fingerprint density at radius 2 is 0.673 bits per heavy atom. The predicted molar refractivity (Wildman–Crippen MR) is 143 cm³/mol. The second-order valence-corrected chi connectivity index (χ2v) is 11.9. The van der Waals surface area contributed by atoms with Crippen LogP contribution in [-0.2, 0) is 60.9 Å². The van der Waals surface area contributed by atoms with Gasteiger partial charge in [0.15, 0.2) is 30.4 Å². The van der Waals surface area contributed by atoms with Gasteiger partial charge in [0, 0.05) is 38.2 Å². The molecule has 0 spiro atoms. The van der Waals surface area contributed by atoms with Crippen LogP contribution in [0.3, 0.4) is 0 Å². The summed E-state index contributed by atoms with van der Waals surface area (Å²) in [5.74, 6) is 0. The van der Waals surface area contributed by atoms with Gasteiger partial charge in [-0.05, 0) is 36.4 Å². The number of halogens is 9. The van der Waals surface area contributed by atoms with Crippen LogP contribution in [0.1, 0.15) is 17.1 Å². The molecule has 0 aromatic carbocycles. The van der Waals surface area contributed by atoms with Crippen molar-refractivity contribution >= 4 is 30.4 Å². The Balaban J connectivity index is -0.000000315. The quantitative estimate of drug-likeness (QED) is 0.146. The SMILES string of the molecule is O=S(=O)([O-])C(F)(F)F.O=S(=O)([O-])C(F)(F)F.O=S(=O)([O-])C(F)(F)F.[Eu+3].[OH3+].[OH3+].c1ccc(CN(Cc2ccccn2)Cc2ccccn2)nc1. The summed E-state index contributed by atoms with van der Waals surface area (Å²) in [4.78, 5) is 15.6. The predicted octanol–water partition coefficient (Wildman–Crippen LogP) is 1.38. The number of nitrogens with zero attached hydrogens (tertiary/aromatic N) is 4. The van der Waals surface area contributed by atoms with E-state index in [4.69, 9.17) is 38.9 Å². The topological polar surface area (TPSA) is 280 Å². The fourth-order valence-corrected chi connectivity index (χ4v) is 2.33. The van der Waals surface area contributed by atoms with Crippen molar-refractivity contribution < 1.29 is 139 Å². The zero-order chi connectivity index (χ0) is 36.0. The molecule has 0 aliphatic rings. The molecular weight excluding hydrogens is 903 g/mol. The van der Waals surface area contributed by atoms with E-state index in [1.54, 1.807) is 0 Å². The Bertz CT molecular complexity index is 1460. The second kappa shape index (κ2) is 22.8. The summed E-state index contributed by atoms with van der Waals surface area (Å²) in [6.45, 7) is 2.32. The van der Waals surface area contributed by atoms with Crippen LogP contribution >= 0.6 is 0 Å². The van der Waals surface area contributed by atoms with Gasteiger partial charge < -0.3 is 24.6 Å². The van der Waals surface area contributed by atoms with Crippen molar-refractivity contribution in [1.29, 1.82) is 0 Å². The zero-order valence-corrected chi connectivity index (χ0v) is 28.5. The molecule has 15 nitrogen and oxygen atoms in total. The second-order valence-electron chi connectivity index (χ2n) is 7.81. The molecule has 3 rings (SSSR count). The molecule has 3 aromatic rings. The van der Waals surface area contributed by atoms with Crippen LogP contribution in [0.4, 0.5) is 39.5 Å². The number of pyridine rings is 3. The summed E-state index contributed by atoms with van der Waals surface area (Å²) in [6.07, 6.45) is 5.49. The molecule has 49 heavy (non-hydrogen) atoms. The van der Waals surface area contributed by atoms with Crippen LogP contribution < -0.4 is 0 Å². The van der Waals surface area contributed by atoms with Gasteiger partial charge in [-0.1, -0.05) is 18.2 Å². The van der Waals surface area contributed by atoms with Gasteiger partial charge in [-0.3, -0.25) is 19.9 Å². The summed E-state index contributed by atoms with van der Waals surface area (Å²) >= 11 is 0. The van der Waals surface area contributed by atoms with E-state index in [0.29, 0.717) is 0 Å². The molecule has 3 heterocycles. The molecular formula is C21H24EuF9N4O11S3+2. The fourth-order valence-electron chi connectivity index (χ4n) is 2.33. The Hall–Kier alpha value is -1.99. The fraction of sp³-hybridized carbons (Fsp3) is 0.286. The maximum atomic E-state index is 10.7. The van der Waals surface area contributed by atoms with Crippen LogP contribution in [0.25, 0.3) is 0 Å². The molecule has 3 aromatic heterocycles. The van der Waals surface area contributed by atoms with Crippen molar-refractivity contribution in [3.8, 4) is 0 Å². The Kier molecular flexibility index (Phi) is 25.0. The molecule has 28 heteroatoms. The van der Waals surface area contributed by atoms with Crippen LogP contribution in [0.5, 0.6) is 0 Å². The standard InChI is InChI=1S/C18H18N4.3CHF3O3S.Eu.2H2O/c1-4-10-19-16(7-1)13-22(14-17-8-2-5-11-20-17)15-18-9-3-6-12-21-18;3*2-1(3,4)8(5,6)7;;;/h1-12H,13-15H2;3*(H,5,6,7);;2*1H2/q;;;;+3;;/p-1. The van der Waals surface area contributed by atoms with Crippen molar-refractivity contribution in [1.82, 2.24) is 19.9 Å².